The van der Waals surface area contributed by atoms with E-state index in [1.54, 1.807) is 0 Å². The standard InChI is InChI=1S/C13H19IO/c1-10(2)8-9-13(3,15)11-4-6-12(14)7-5-11/h4-7,10,15H,8-9H2,1-3H3. The van der Waals surface area contributed by atoms with Gasteiger partial charge in [-0.2, -0.15) is 0 Å². The molecule has 1 unspecified atom stereocenters. The quantitative estimate of drug-likeness (QED) is 0.834. The molecule has 1 N–H and O–H groups in total. The average Bonchev–Trinajstić information content (AvgIpc) is 2.16. The molecule has 0 radical (unpaired) electrons. The van der Waals surface area contributed by atoms with Gasteiger partial charge in [0, 0.05) is 3.57 Å². The summed E-state index contributed by atoms with van der Waals surface area (Å²) >= 11 is 2.28. The van der Waals surface area contributed by atoms with E-state index in [2.05, 4.69) is 36.4 Å². The Morgan fingerprint density at radius 1 is 1.27 bits per heavy atom. The number of aliphatic hydroxyl groups is 1. The molecule has 1 atom stereocenters. The summed E-state index contributed by atoms with van der Waals surface area (Å²) in [6.07, 6.45) is 1.88. The van der Waals surface area contributed by atoms with E-state index >= 15 is 0 Å². The van der Waals surface area contributed by atoms with Crippen molar-refractivity contribution in [2.75, 3.05) is 0 Å². The molecule has 0 heterocycles. The first-order valence-electron chi connectivity index (χ1n) is 5.40. The minimum atomic E-state index is -0.686. The van der Waals surface area contributed by atoms with Crippen LogP contribution in [-0.4, -0.2) is 5.11 Å². The number of halogens is 1. The first kappa shape index (κ1) is 13.0. The predicted octanol–water partition coefficient (Wildman–Crippen LogP) is 3.93. The van der Waals surface area contributed by atoms with Gasteiger partial charge in [0.05, 0.1) is 5.60 Å². The van der Waals surface area contributed by atoms with Crippen molar-refractivity contribution in [3.8, 4) is 0 Å². The summed E-state index contributed by atoms with van der Waals surface area (Å²) in [6, 6.07) is 8.11. The second kappa shape index (κ2) is 5.30. The Balaban J connectivity index is 2.72. The second-order valence-corrected chi connectivity index (χ2v) is 5.96. The summed E-state index contributed by atoms with van der Waals surface area (Å²) in [5, 5.41) is 10.3. The highest BCUT2D eigenvalue weighted by Crippen LogP contribution is 2.27. The highest BCUT2D eigenvalue weighted by atomic mass is 127. The normalized spacial score (nSPS) is 15.3. The van der Waals surface area contributed by atoms with Crippen LogP contribution < -0.4 is 0 Å². The van der Waals surface area contributed by atoms with Crippen LogP contribution in [0.2, 0.25) is 0 Å². The Morgan fingerprint density at radius 3 is 2.27 bits per heavy atom. The van der Waals surface area contributed by atoms with Crippen LogP contribution >= 0.6 is 22.6 Å². The van der Waals surface area contributed by atoms with Crippen molar-refractivity contribution >= 4 is 22.6 Å². The molecule has 1 nitrogen and oxygen atoms in total. The van der Waals surface area contributed by atoms with Crippen LogP contribution in [0.5, 0.6) is 0 Å². The SMILES string of the molecule is CC(C)CCC(C)(O)c1ccc(I)cc1. The third kappa shape index (κ3) is 4.11. The van der Waals surface area contributed by atoms with E-state index in [1.165, 1.54) is 3.57 Å². The fourth-order valence-electron chi connectivity index (χ4n) is 1.52. The molecule has 0 saturated heterocycles. The van der Waals surface area contributed by atoms with Crippen LogP contribution in [0.1, 0.15) is 39.2 Å². The summed E-state index contributed by atoms with van der Waals surface area (Å²) in [5.74, 6) is 0.639. The van der Waals surface area contributed by atoms with Gasteiger partial charge in [-0.05, 0) is 66.0 Å². The third-order valence-corrected chi connectivity index (χ3v) is 3.39. The Hall–Kier alpha value is -0.0900. The van der Waals surface area contributed by atoms with E-state index in [9.17, 15) is 5.11 Å². The van der Waals surface area contributed by atoms with Gasteiger partial charge < -0.3 is 5.11 Å². The summed E-state index contributed by atoms with van der Waals surface area (Å²) in [7, 11) is 0. The lowest BCUT2D eigenvalue weighted by molar-refractivity contribution is 0.0420. The highest BCUT2D eigenvalue weighted by molar-refractivity contribution is 14.1. The largest absolute Gasteiger partial charge is 0.385 e. The lowest BCUT2D eigenvalue weighted by atomic mass is 9.89. The van der Waals surface area contributed by atoms with Crippen LogP contribution in [0.15, 0.2) is 24.3 Å². The van der Waals surface area contributed by atoms with Crippen LogP contribution in [0.25, 0.3) is 0 Å². The van der Waals surface area contributed by atoms with Crippen LogP contribution in [0, 0.1) is 9.49 Å². The Labute approximate surface area is 106 Å². The van der Waals surface area contributed by atoms with Crippen molar-refractivity contribution in [2.24, 2.45) is 5.92 Å². The van der Waals surface area contributed by atoms with Gasteiger partial charge in [-0.25, -0.2) is 0 Å². The molecule has 0 bridgehead atoms. The van der Waals surface area contributed by atoms with Crippen molar-refractivity contribution < 1.29 is 5.11 Å². The molecule has 0 aliphatic rings. The second-order valence-electron chi connectivity index (χ2n) is 4.71. The van der Waals surface area contributed by atoms with Crippen molar-refractivity contribution in [1.82, 2.24) is 0 Å². The maximum Gasteiger partial charge on any atom is 0.0868 e. The minimum absolute atomic E-state index is 0.639. The van der Waals surface area contributed by atoms with Crippen molar-refractivity contribution in [1.29, 1.82) is 0 Å². The molecule has 1 rings (SSSR count). The number of hydrogen-bond donors (Lipinski definition) is 1. The zero-order valence-corrected chi connectivity index (χ0v) is 11.8. The molecule has 1 aromatic rings. The smallest absolute Gasteiger partial charge is 0.0868 e. The topological polar surface area (TPSA) is 20.2 Å². The Morgan fingerprint density at radius 2 is 1.80 bits per heavy atom. The van der Waals surface area contributed by atoms with Gasteiger partial charge in [-0.1, -0.05) is 26.0 Å². The van der Waals surface area contributed by atoms with Gasteiger partial charge in [-0.3, -0.25) is 0 Å². The molecule has 0 fully saturated rings. The third-order valence-electron chi connectivity index (χ3n) is 2.67. The summed E-state index contributed by atoms with van der Waals surface area (Å²) in [6.45, 7) is 6.27. The van der Waals surface area contributed by atoms with E-state index in [0.717, 1.165) is 18.4 Å². The first-order valence-corrected chi connectivity index (χ1v) is 6.48. The van der Waals surface area contributed by atoms with Gasteiger partial charge in [0.15, 0.2) is 0 Å². The summed E-state index contributed by atoms with van der Waals surface area (Å²) < 4.78 is 1.20. The monoisotopic (exact) mass is 318 g/mol. The minimum Gasteiger partial charge on any atom is -0.385 e. The van der Waals surface area contributed by atoms with Crippen molar-refractivity contribution in [3.63, 3.8) is 0 Å². The zero-order valence-electron chi connectivity index (χ0n) is 9.63. The zero-order chi connectivity index (χ0) is 11.5. The molecule has 0 amide bonds. The molecule has 0 saturated carbocycles. The maximum absolute atomic E-state index is 10.3. The highest BCUT2D eigenvalue weighted by Gasteiger charge is 2.22. The molecule has 84 valence electrons. The molecule has 0 aliphatic heterocycles. The number of rotatable bonds is 4. The Kier molecular flexibility index (Phi) is 4.59. The molecule has 0 aromatic heterocycles. The average molecular weight is 318 g/mol. The molecule has 0 aliphatic carbocycles. The molecule has 1 aromatic carbocycles. The molecular formula is C13H19IO. The van der Waals surface area contributed by atoms with E-state index in [-0.39, 0.29) is 0 Å². The van der Waals surface area contributed by atoms with Crippen LogP contribution in [0.4, 0.5) is 0 Å². The van der Waals surface area contributed by atoms with E-state index in [1.807, 2.05) is 31.2 Å². The van der Waals surface area contributed by atoms with Gasteiger partial charge in [-0.15, -0.1) is 0 Å². The lowest BCUT2D eigenvalue weighted by Crippen LogP contribution is -2.21. The fraction of sp³-hybridized carbons (Fsp3) is 0.538. The summed E-state index contributed by atoms with van der Waals surface area (Å²) in [4.78, 5) is 0. The predicted molar refractivity (Wildman–Crippen MR) is 72.8 cm³/mol. The molecule has 0 spiro atoms. The molecule has 2 heteroatoms. The maximum atomic E-state index is 10.3. The number of benzene rings is 1. The van der Waals surface area contributed by atoms with Gasteiger partial charge >= 0.3 is 0 Å². The van der Waals surface area contributed by atoms with Crippen molar-refractivity contribution in [3.05, 3.63) is 33.4 Å². The van der Waals surface area contributed by atoms with E-state index in [0.29, 0.717) is 5.92 Å². The van der Waals surface area contributed by atoms with E-state index in [4.69, 9.17) is 0 Å². The summed E-state index contributed by atoms with van der Waals surface area (Å²) in [5.41, 5.74) is 0.331. The Bertz CT molecular complexity index is 301. The van der Waals surface area contributed by atoms with Crippen LogP contribution in [0.3, 0.4) is 0 Å². The van der Waals surface area contributed by atoms with Gasteiger partial charge in [0.2, 0.25) is 0 Å². The fourth-order valence-corrected chi connectivity index (χ4v) is 1.88. The van der Waals surface area contributed by atoms with Crippen molar-refractivity contribution in [2.45, 2.75) is 39.2 Å². The lowest BCUT2D eigenvalue weighted by Gasteiger charge is -2.24. The van der Waals surface area contributed by atoms with Gasteiger partial charge in [0.25, 0.3) is 0 Å². The molecule has 15 heavy (non-hydrogen) atoms. The van der Waals surface area contributed by atoms with Gasteiger partial charge in [0.1, 0.15) is 0 Å². The van der Waals surface area contributed by atoms with E-state index < -0.39 is 5.60 Å². The first-order chi connectivity index (χ1) is 6.92. The van der Waals surface area contributed by atoms with Crippen LogP contribution in [-0.2, 0) is 5.60 Å². The molecular weight excluding hydrogens is 299 g/mol. The number of hydrogen-bond acceptors (Lipinski definition) is 1.